The number of aromatic nitrogens is 1. The summed E-state index contributed by atoms with van der Waals surface area (Å²) in [5.74, 6) is 0.637. The number of nitrogens with one attached hydrogen (secondary N) is 2. The molecule has 0 spiro atoms. The molecule has 0 fully saturated rings. The molecule has 0 saturated heterocycles. The number of hydrogen-bond donors (Lipinski definition) is 2. The van der Waals surface area contributed by atoms with Gasteiger partial charge in [-0.3, -0.25) is 4.79 Å². The summed E-state index contributed by atoms with van der Waals surface area (Å²) >= 11 is 0. The number of anilines is 2. The molecule has 0 aliphatic carbocycles. The van der Waals surface area contributed by atoms with Crippen LogP contribution in [0.4, 0.5) is 15.9 Å². The molecule has 6 heteroatoms. The highest BCUT2D eigenvalue weighted by atomic mass is 19.1. The minimum absolute atomic E-state index is 0.262. The van der Waals surface area contributed by atoms with Crippen LogP contribution in [0.15, 0.2) is 66.9 Å². The van der Waals surface area contributed by atoms with E-state index in [1.165, 1.54) is 19.2 Å². The molecular formula is C20H18FN3O2. The summed E-state index contributed by atoms with van der Waals surface area (Å²) in [5.41, 5.74) is 1.98. The average Bonchev–Trinajstić information content (AvgIpc) is 2.68. The van der Waals surface area contributed by atoms with Crippen molar-refractivity contribution in [3.8, 4) is 5.75 Å². The number of para-hydroxylation sites is 1. The van der Waals surface area contributed by atoms with Gasteiger partial charge in [0.25, 0.3) is 5.91 Å². The van der Waals surface area contributed by atoms with Crippen molar-refractivity contribution in [2.75, 3.05) is 17.7 Å². The summed E-state index contributed by atoms with van der Waals surface area (Å²) in [7, 11) is 1.52. The maximum absolute atomic E-state index is 12.9. The third-order valence-corrected chi connectivity index (χ3v) is 3.76. The molecule has 0 aliphatic rings. The summed E-state index contributed by atoms with van der Waals surface area (Å²) in [6.07, 6.45) is 1.57. The molecule has 1 amide bonds. The van der Waals surface area contributed by atoms with Crippen molar-refractivity contribution in [3.05, 3.63) is 83.8 Å². The molecule has 1 aromatic heterocycles. The van der Waals surface area contributed by atoms with Gasteiger partial charge in [0.1, 0.15) is 17.4 Å². The minimum atomic E-state index is -0.267. The summed E-state index contributed by atoms with van der Waals surface area (Å²) < 4.78 is 18.1. The van der Waals surface area contributed by atoms with Crippen molar-refractivity contribution in [2.24, 2.45) is 0 Å². The highest BCUT2D eigenvalue weighted by molar-refractivity contribution is 6.06. The van der Waals surface area contributed by atoms with Crippen LogP contribution in [-0.2, 0) is 6.54 Å². The van der Waals surface area contributed by atoms with Gasteiger partial charge >= 0.3 is 0 Å². The van der Waals surface area contributed by atoms with Crippen LogP contribution in [0.2, 0.25) is 0 Å². The monoisotopic (exact) mass is 351 g/mol. The van der Waals surface area contributed by atoms with E-state index in [0.717, 1.165) is 5.56 Å². The molecule has 0 saturated carbocycles. The number of carbonyl (C=O) groups excluding carboxylic acids is 1. The van der Waals surface area contributed by atoms with Crippen LogP contribution in [0, 0.1) is 5.82 Å². The van der Waals surface area contributed by atoms with Gasteiger partial charge in [0.05, 0.1) is 24.6 Å². The molecule has 26 heavy (non-hydrogen) atoms. The first-order valence-corrected chi connectivity index (χ1v) is 8.04. The first-order valence-electron chi connectivity index (χ1n) is 8.04. The number of pyridine rings is 1. The standard InChI is InChI=1S/C20H18FN3O2/c1-26-18-5-3-2-4-17(18)20(25)24-16-10-11-19(23-13-16)22-12-14-6-8-15(21)9-7-14/h2-11,13H,12H2,1H3,(H,22,23)(H,24,25). The summed E-state index contributed by atoms with van der Waals surface area (Å²) in [6, 6.07) is 16.8. The van der Waals surface area contributed by atoms with Crippen LogP contribution < -0.4 is 15.4 Å². The predicted molar refractivity (Wildman–Crippen MR) is 98.9 cm³/mol. The Labute approximate surface area is 150 Å². The van der Waals surface area contributed by atoms with Crippen molar-refractivity contribution in [1.82, 2.24) is 4.98 Å². The largest absolute Gasteiger partial charge is 0.496 e. The molecule has 2 N–H and O–H groups in total. The van der Waals surface area contributed by atoms with E-state index in [2.05, 4.69) is 15.6 Å². The molecule has 0 aliphatic heterocycles. The Kier molecular flexibility index (Phi) is 5.43. The second-order valence-corrected chi connectivity index (χ2v) is 5.57. The molecular weight excluding hydrogens is 333 g/mol. The van der Waals surface area contributed by atoms with Crippen LogP contribution in [0.25, 0.3) is 0 Å². The van der Waals surface area contributed by atoms with Gasteiger partial charge in [-0.05, 0) is 42.0 Å². The average molecular weight is 351 g/mol. The Hall–Kier alpha value is -3.41. The second kappa shape index (κ2) is 8.11. The van der Waals surface area contributed by atoms with E-state index in [-0.39, 0.29) is 11.7 Å². The van der Waals surface area contributed by atoms with E-state index in [0.29, 0.717) is 29.4 Å². The lowest BCUT2D eigenvalue weighted by Crippen LogP contribution is -2.13. The molecule has 0 unspecified atom stereocenters. The smallest absolute Gasteiger partial charge is 0.259 e. The lowest BCUT2D eigenvalue weighted by Gasteiger charge is -2.10. The number of hydrogen-bond acceptors (Lipinski definition) is 4. The Morgan fingerprint density at radius 1 is 1.08 bits per heavy atom. The fraction of sp³-hybridized carbons (Fsp3) is 0.100. The van der Waals surface area contributed by atoms with E-state index >= 15 is 0 Å². The lowest BCUT2D eigenvalue weighted by atomic mass is 10.2. The summed E-state index contributed by atoms with van der Waals surface area (Å²) in [5, 5.41) is 5.93. The third kappa shape index (κ3) is 4.36. The number of amides is 1. The topological polar surface area (TPSA) is 63.2 Å². The third-order valence-electron chi connectivity index (χ3n) is 3.76. The van der Waals surface area contributed by atoms with Crippen molar-refractivity contribution in [1.29, 1.82) is 0 Å². The molecule has 132 valence electrons. The maximum atomic E-state index is 12.9. The zero-order valence-electron chi connectivity index (χ0n) is 14.2. The van der Waals surface area contributed by atoms with E-state index in [1.54, 1.807) is 54.7 Å². The Bertz CT molecular complexity index is 880. The van der Waals surface area contributed by atoms with Crippen LogP contribution in [0.1, 0.15) is 15.9 Å². The van der Waals surface area contributed by atoms with E-state index < -0.39 is 0 Å². The van der Waals surface area contributed by atoms with Gasteiger partial charge in [0.15, 0.2) is 0 Å². The van der Waals surface area contributed by atoms with E-state index in [4.69, 9.17) is 4.74 Å². The number of carbonyl (C=O) groups is 1. The van der Waals surface area contributed by atoms with E-state index in [9.17, 15) is 9.18 Å². The Morgan fingerprint density at radius 3 is 2.54 bits per heavy atom. The number of rotatable bonds is 6. The molecule has 1 heterocycles. The van der Waals surface area contributed by atoms with E-state index in [1.807, 2.05) is 0 Å². The number of methoxy groups -OCH3 is 1. The first-order chi connectivity index (χ1) is 12.7. The molecule has 5 nitrogen and oxygen atoms in total. The Morgan fingerprint density at radius 2 is 1.85 bits per heavy atom. The van der Waals surface area contributed by atoms with Gasteiger partial charge in [-0.2, -0.15) is 0 Å². The SMILES string of the molecule is COc1ccccc1C(=O)Nc1ccc(NCc2ccc(F)cc2)nc1. The molecule has 2 aromatic carbocycles. The number of nitrogens with zero attached hydrogens (tertiary/aromatic N) is 1. The van der Waals surface area contributed by atoms with Crippen LogP contribution in [0.5, 0.6) is 5.75 Å². The first kappa shape index (κ1) is 17.4. The van der Waals surface area contributed by atoms with Crippen LogP contribution in [0.3, 0.4) is 0 Å². The van der Waals surface area contributed by atoms with Crippen molar-refractivity contribution < 1.29 is 13.9 Å². The van der Waals surface area contributed by atoms with Crippen molar-refractivity contribution in [3.63, 3.8) is 0 Å². The number of ether oxygens (including phenoxy) is 1. The number of benzene rings is 2. The summed E-state index contributed by atoms with van der Waals surface area (Å²) in [6.45, 7) is 0.528. The molecule has 3 rings (SSSR count). The van der Waals surface area contributed by atoms with Gasteiger partial charge < -0.3 is 15.4 Å². The highest BCUT2D eigenvalue weighted by Gasteiger charge is 2.11. The quantitative estimate of drug-likeness (QED) is 0.702. The maximum Gasteiger partial charge on any atom is 0.259 e. The summed E-state index contributed by atoms with van der Waals surface area (Å²) in [4.78, 5) is 16.6. The number of halogens is 1. The van der Waals surface area contributed by atoms with Gasteiger partial charge in [-0.15, -0.1) is 0 Å². The van der Waals surface area contributed by atoms with Gasteiger partial charge in [-0.1, -0.05) is 24.3 Å². The molecule has 3 aromatic rings. The van der Waals surface area contributed by atoms with Gasteiger partial charge in [0, 0.05) is 6.54 Å². The van der Waals surface area contributed by atoms with Gasteiger partial charge in [-0.25, -0.2) is 9.37 Å². The fourth-order valence-electron chi connectivity index (χ4n) is 2.40. The van der Waals surface area contributed by atoms with Crippen molar-refractivity contribution >= 4 is 17.4 Å². The normalized spacial score (nSPS) is 10.2. The second-order valence-electron chi connectivity index (χ2n) is 5.57. The molecule has 0 bridgehead atoms. The van der Waals surface area contributed by atoms with Crippen molar-refractivity contribution in [2.45, 2.75) is 6.54 Å². The van der Waals surface area contributed by atoms with Gasteiger partial charge in [0.2, 0.25) is 0 Å². The Balaban J connectivity index is 1.60. The van der Waals surface area contributed by atoms with Crippen LogP contribution in [-0.4, -0.2) is 18.0 Å². The zero-order valence-corrected chi connectivity index (χ0v) is 14.2. The van der Waals surface area contributed by atoms with Crippen LogP contribution >= 0.6 is 0 Å². The zero-order chi connectivity index (χ0) is 18.4. The molecule has 0 atom stereocenters. The molecule has 0 radical (unpaired) electrons. The highest BCUT2D eigenvalue weighted by Crippen LogP contribution is 2.19. The minimum Gasteiger partial charge on any atom is -0.496 e. The lowest BCUT2D eigenvalue weighted by molar-refractivity contribution is 0.102. The fourth-order valence-corrected chi connectivity index (χ4v) is 2.40. The predicted octanol–water partition coefficient (Wildman–Crippen LogP) is 4.09.